The third kappa shape index (κ3) is 2.42. The molecule has 1 aliphatic carbocycles. The Labute approximate surface area is 120 Å². The van der Waals surface area contributed by atoms with E-state index in [-0.39, 0.29) is 0 Å². The van der Waals surface area contributed by atoms with Crippen LogP contribution in [-0.4, -0.2) is 23.1 Å². The Kier molecular flexibility index (Phi) is 3.47. The number of fused-ring (bicyclic) bond motifs is 1. The average molecular weight is 270 g/mol. The Balaban J connectivity index is 1.96. The van der Waals surface area contributed by atoms with Gasteiger partial charge in [0.15, 0.2) is 0 Å². The van der Waals surface area contributed by atoms with Gasteiger partial charge in [0.05, 0.1) is 5.52 Å². The number of rotatable bonds is 2. The third-order valence-corrected chi connectivity index (χ3v) is 4.47. The summed E-state index contributed by atoms with van der Waals surface area (Å²) in [6, 6.07) is 8.65. The van der Waals surface area contributed by atoms with Gasteiger partial charge in [-0.1, -0.05) is 19.1 Å². The molecule has 0 spiro atoms. The van der Waals surface area contributed by atoms with Gasteiger partial charge in [0.2, 0.25) is 5.95 Å². The first-order chi connectivity index (χ1) is 9.65. The Bertz CT molecular complexity index is 602. The van der Waals surface area contributed by atoms with Crippen molar-refractivity contribution < 1.29 is 0 Å². The number of nitrogens with two attached hydrogens (primary N) is 1. The average Bonchev–Trinajstić information content (AvgIpc) is 2.46. The second-order valence-electron chi connectivity index (χ2n) is 5.95. The Hall–Kier alpha value is -1.84. The predicted molar refractivity (Wildman–Crippen MR) is 83.8 cm³/mol. The summed E-state index contributed by atoms with van der Waals surface area (Å²) in [4.78, 5) is 11.1. The van der Waals surface area contributed by atoms with E-state index in [1.54, 1.807) is 0 Å². The van der Waals surface area contributed by atoms with Gasteiger partial charge >= 0.3 is 0 Å². The summed E-state index contributed by atoms with van der Waals surface area (Å²) in [6.07, 6.45) is 5.06. The van der Waals surface area contributed by atoms with Crippen LogP contribution >= 0.6 is 0 Å². The number of hydrogen-bond acceptors (Lipinski definition) is 4. The highest BCUT2D eigenvalue weighted by atomic mass is 15.2. The lowest BCUT2D eigenvalue weighted by molar-refractivity contribution is 0.340. The number of aromatic nitrogens is 2. The minimum Gasteiger partial charge on any atom is -0.368 e. The van der Waals surface area contributed by atoms with Crippen molar-refractivity contribution in [1.82, 2.24) is 9.97 Å². The topological polar surface area (TPSA) is 55.0 Å². The van der Waals surface area contributed by atoms with E-state index >= 15 is 0 Å². The van der Waals surface area contributed by atoms with Crippen LogP contribution in [0.1, 0.15) is 32.6 Å². The van der Waals surface area contributed by atoms with Crippen molar-refractivity contribution in [1.29, 1.82) is 0 Å². The molecule has 0 unspecified atom stereocenters. The van der Waals surface area contributed by atoms with Crippen LogP contribution in [-0.2, 0) is 0 Å². The Morgan fingerprint density at radius 2 is 1.80 bits per heavy atom. The molecule has 0 atom stereocenters. The van der Waals surface area contributed by atoms with Crippen LogP contribution in [0.15, 0.2) is 24.3 Å². The van der Waals surface area contributed by atoms with E-state index in [9.17, 15) is 0 Å². The fourth-order valence-electron chi connectivity index (χ4n) is 3.15. The molecule has 1 aliphatic rings. The van der Waals surface area contributed by atoms with Crippen LogP contribution in [0.2, 0.25) is 0 Å². The molecular weight excluding hydrogens is 248 g/mol. The second kappa shape index (κ2) is 5.27. The van der Waals surface area contributed by atoms with Crippen LogP contribution in [0.4, 0.5) is 11.8 Å². The summed E-state index contributed by atoms with van der Waals surface area (Å²) in [5.74, 6) is 2.18. The summed E-state index contributed by atoms with van der Waals surface area (Å²) in [7, 11) is 2.13. The maximum absolute atomic E-state index is 5.87. The highest BCUT2D eigenvalue weighted by molar-refractivity contribution is 5.90. The molecule has 1 aromatic carbocycles. The van der Waals surface area contributed by atoms with Crippen LogP contribution in [0.3, 0.4) is 0 Å². The van der Waals surface area contributed by atoms with E-state index in [2.05, 4.69) is 34.9 Å². The molecule has 4 heteroatoms. The SMILES string of the molecule is CC1CCC(N(C)c2nc(N)nc3ccccc23)CC1. The van der Waals surface area contributed by atoms with E-state index in [1.165, 1.54) is 25.7 Å². The molecule has 0 aliphatic heterocycles. The van der Waals surface area contributed by atoms with E-state index in [0.717, 1.165) is 22.6 Å². The van der Waals surface area contributed by atoms with E-state index in [0.29, 0.717) is 12.0 Å². The summed E-state index contributed by atoms with van der Waals surface area (Å²) in [5, 5.41) is 1.09. The molecular formula is C16H22N4. The molecule has 2 aromatic rings. The van der Waals surface area contributed by atoms with Gasteiger partial charge in [0.1, 0.15) is 5.82 Å². The molecule has 20 heavy (non-hydrogen) atoms. The van der Waals surface area contributed by atoms with Gasteiger partial charge in [-0.2, -0.15) is 4.98 Å². The number of para-hydroxylation sites is 1. The van der Waals surface area contributed by atoms with Gasteiger partial charge in [-0.25, -0.2) is 4.98 Å². The summed E-state index contributed by atoms with van der Waals surface area (Å²) in [5.41, 5.74) is 6.79. The molecule has 1 heterocycles. The van der Waals surface area contributed by atoms with E-state index < -0.39 is 0 Å². The minimum absolute atomic E-state index is 0.356. The van der Waals surface area contributed by atoms with Gasteiger partial charge in [-0.3, -0.25) is 0 Å². The van der Waals surface area contributed by atoms with Crippen LogP contribution in [0.5, 0.6) is 0 Å². The normalized spacial score (nSPS) is 22.9. The number of anilines is 2. The molecule has 4 nitrogen and oxygen atoms in total. The van der Waals surface area contributed by atoms with Gasteiger partial charge in [0.25, 0.3) is 0 Å². The zero-order valence-electron chi connectivity index (χ0n) is 12.2. The van der Waals surface area contributed by atoms with Crippen LogP contribution < -0.4 is 10.6 Å². The molecule has 0 radical (unpaired) electrons. The molecule has 2 N–H and O–H groups in total. The Morgan fingerprint density at radius 3 is 2.55 bits per heavy atom. The van der Waals surface area contributed by atoms with Crippen molar-refractivity contribution in [2.24, 2.45) is 5.92 Å². The van der Waals surface area contributed by atoms with Crippen molar-refractivity contribution in [3.8, 4) is 0 Å². The van der Waals surface area contributed by atoms with E-state index in [4.69, 9.17) is 5.73 Å². The predicted octanol–water partition coefficient (Wildman–Crippen LogP) is 3.23. The lowest BCUT2D eigenvalue weighted by Crippen LogP contribution is -2.35. The minimum atomic E-state index is 0.356. The van der Waals surface area contributed by atoms with Crippen LogP contribution in [0.25, 0.3) is 10.9 Å². The van der Waals surface area contributed by atoms with Gasteiger partial charge < -0.3 is 10.6 Å². The first-order valence-electron chi connectivity index (χ1n) is 7.40. The van der Waals surface area contributed by atoms with Gasteiger partial charge in [-0.15, -0.1) is 0 Å². The highest BCUT2D eigenvalue weighted by Crippen LogP contribution is 2.31. The molecule has 0 bridgehead atoms. The fourth-order valence-corrected chi connectivity index (χ4v) is 3.15. The lowest BCUT2D eigenvalue weighted by atomic mass is 9.86. The number of hydrogen-bond donors (Lipinski definition) is 1. The van der Waals surface area contributed by atoms with Crippen molar-refractivity contribution in [2.75, 3.05) is 17.7 Å². The monoisotopic (exact) mass is 270 g/mol. The molecule has 0 amide bonds. The van der Waals surface area contributed by atoms with Crippen LogP contribution in [0, 0.1) is 5.92 Å². The lowest BCUT2D eigenvalue weighted by Gasteiger charge is -2.34. The van der Waals surface area contributed by atoms with E-state index in [1.807, 2.05) is 18.2 Å². The van der Waals surface area contributed by atoms with Crippen molar-refractivity contribution in [3.63, 3.8) is 0 Å². The maximum Gasteiger partial charge on any atom is 0.222 e. The maximum atomic E-state index is 5.87. The second-order valence-corrected chi connectivity index (χ2v) is 5.95. The smallest absolute Gasteiger partial charge is 0.222 e. The number of benzene rings is 1. The molecule has 1 fully saturated rings. The highest BCUT2D eigenvalue weighted by Gasteiger charge is 2.24. The molecule has 3 rings (SSSR count). The first-order valence-corrected chi connectivity index (χ1v) is 7.40. The molecule has 1 saturated carbocycles. The zero-order valence-corrected chi connectivity index (χ0v) is 12.2. The zero-order chi connectivity index (χ0) is 14.1. The van der Waals surface area contributed by atoms with Crippen molar-refractivity contribution in [3.05, 3.63) is 24.3 Å². The standard InChI is InChI=1S/C16H22N4/c1-11-7-9-12(10-8-11)20(2)15-13-5-3-4-6-14(13)18-16(17)19-15/h3-6,11-12H,7-10H2,1-2H3,(H2,17,18,19). The molecule has 0 saturated heterocycles. The summed E-state index contributed by atoms with van der Waals surface area (Å²) < 4.78 is 0. The van der Waals surface area contributed by atoms with Crippen molar-refractivity contribution >= 4 is 22.7 Å². The number of nitrogen functional groups attached to an aromatic ring is 1. The van der Waals surface area contributed by atoms with Gasteiger partial charge in [-0.05, 0) is 43.7 Å². The largest absolute Gasteiger partial charge is 0.368 e. The molecule has 1 aromatic heterocycles. The Morgan fingerprint density at radius 1 is 1.10 bits per heavy atom. The van der Waals surface area contributed by atoms with Crippen molar-refractivity contribution in [2.45, 2.75) is 38.6 Å². The van der Waals surface area contributed by atoms with Gasteiger partial charge in [0, 0.05) is 18.5 Å². The third-order valence-electron chi connectivity index (χ3n) is 4.47. The quantitative estimate of drug-likeness (QED) is 0.910. The fraction of sp³-hybridized carbons (Fsp3) is 0.500. The summed E-state index contributed by atoms with van der Waals surface area (Å²) >= 11 is 0. The summed E-state index contributed by atoms with van der Waals surface area (Å²) in [6.45, 7) is 2.34. The number of nitrogens with zero attached hydrogens (tertiary/aromatic N) is 3. The first kappa shape index (κ1) is 13.2. The molecule has 106 valence electrons.